The van der Waals surface area contributed by atoms with Gasteiger partial charge in [-0.2, -0.15) is 0 Å². The van der Waals surface area contributed by atoms with Crippen molar-refractivity contribution < 1.29 is 18.4 Å². The molecule has 6 heteroatoms. The van der Waals surface area contributed by atoms with Gasteiger partial charge >= 0.3 is 0 Å². The van der Waals surface area contributed by atoms with Crippen LogP contribution in [0.15, 0.2) is 51.5 Å². The van der Waals surface area contributed by atoms with Crippen molar-refractivity contribution >= 4 is 28.5 Å². The number of fused-ring (bicyclic) bond motifs is 1. The first-order valence-electron chi connectivity index (χ1n) is 7.90. The van der Waals surface area contributed by atoms with Crippen LogP contribution in [0.3, 0.4) is 0 Å². The van der Waals surface area contributed by atoms with Gasteiger partial charge in [-0.1, -0.05) is 12.1 Å². The van der Waals surface area contributed by atoms with E-state index in [-0.39, 0.29) is 17.4 Å². The zero-order chi connectivity index (χ0) is 16.5. The fraction of sp³-hybridized carbons (Fsp3) is 0.222. The molecular formula is C18H16N2O4. The zero-order valence-corrected chi connectivity index (χ0v) is 13.0. The van der Waals surface area contributed by atoms with Crippen LogP contribution in [0.4, 0.5) is 5.69 Å². The second-order valence-corrected chi connectivity index (χ2v) is 5.73. The van der Waals surface area contributed by atoms with Gasteiger partial charge in [-0.05, 0) is 37.1 Å². The van der Waals surface area contributed by atoms with Crippen LogP contribution in [-0.2, 0) is 0 Å². The highest BCUT2D eigenvalue weighted by atomic mass is 16.4. The summed E-state index contributed by atoms with van der Waals surface area (Å²) in [5, 5.41) is 3.46. The fourth-order valence-electron chi connectivity index (χ4n) is 2.97. The summed E-state index contributed by atoms with van der Waals surface area (Å²) in [4.78, 5) is 26.9. The predicted octanol–water partition coefficient (Wildman–Crippen LogP) is 3.51. The van der Waals surface area contributed by atoms with Gasteiger partial charge in [0, 0.05) is 18.5 Å². The normalized spacial score (nSPS) is 14.2. The third kappa shape index (κ3) is 2.46. The predicted molar refractivity (Wildman–Crippen MR) is 88.0 cm³/mol. The van der Waals surface area contributed by atoms with Crippen LogP contribution in [0.2, 0.25) is 0 Å². The number of furan rings is 2. The van der Waals surface area contributed by atoms with Crippen molar-refractivity contribution in [2.75, 3.05) is 18.4 Å². The highest BCUT2D eigenvalue weighted by Crippen LogP contribution is 2.32. The average molecular weight is 324 g/mol. The highest BCUT2D eigenvalue weighted by molar-refractivity contribution is 6.13. The van der Waals surface area contributed by atoms with Crippen molar-refractivity contribution in [2.24, 2.45) is 0 Å². The molecule has 1 fully saturated rings. The molecule has 0 radical (unpaired) electrons. The van der Waals surface area contributed by atoms with Gasteiger partial charge in [0.15, 0.2) is 5.76 Å². The minimum Gasteiger partial charge on any atom is -0.459 e. The van der Waals surface area contributed by atoms with Crippen LogP contribution in [-0.4, -0.2) is 29.8 Å². The van der Waals surface area contributed by atoms with Gasteiger partial charge in [-0.3, -0.25) is 9.59 Å². The van der Waals surface area contributed by atoms with E-state index >= 15 is 0 Å². The molecule has 1 aliphatic heterocycles. The number of anilines is 1. The molecule has 0 unspecified atom stereocenters. The molecule has 0 aliphatic carbocycles. The number of para-hydroxylation sites is 1. The quantitative estimate of drug-likeness (QED) is 0.800. The van der Waals surface area contributed by atoms with Crippen LogP contribution >= 0.6 is 0 Å². The second kappa shape index (κ2) is 5.88. The number of rotatable bonds is 3. The fourth-order valence-corrected chi connectivity index (χ4v) is 2.97. The Morgan fingerprint density at radius 2 is 1.83 bits per heavy atom. The van der Waals surface area contributed by atoms with E-state index in [0.717, 1.165) is 12.8 Å². The van der Waals surface area contributed by atoms with E-state index < -0.39 is 5.91 Å². The van der Waals surface area contributed by atoms with Gasteiger partial charge in [0.05, 0.1) is 6.26 Å². The Kier molecular flexibility index (Phi) is 3.57. The molecule has 4 rings (SSSR count). The van der Waals surface area contributed by atoms with Crippen molar-refractivity contribution in [3.8, 4) is 0 Å². The molecule has 2 amide bonds. The summed E-state index contributed by atoms with van der Waals surface area (Å²) in [6.07, 6.45) is 3.40. The zero-order valence-electron chi connectivity index (χ0n) is 13.0. The maximum Gasteiger partial charge on any atom is 0.291 e. The molecule has 1 N–H and O–H groups in total. The van der Waals surface area contributed by atoms with Crippen LogP contribution in [0, 0.1) is 0 Å². The maximum absolute atomic E-state index is 12.8. The van der Waals surface area contributed by atoms with E-state index in [9.17, 15) is 9.59 Å². The number of carbonyl (C=O) groups is 2. The summed E-state index contributed by atoms with van der Waals surface area (Å²) in [5.74, 6) is -0.265. The summed E-state index contributed by atoms with van der Waals surface area (Å²) < 4.78 is 10.9. The molecule has 1 saturated heterocycles. The van der Waals surface area contributed by atoms with Gasteiger partial charge < -0.3 is 19.1 Å². The SMILES string of the molecule is O=C(Nc1c(C(=O)N2CCCC2)oc2ccccc12)c1ccco1. The molecular weight excluding hydrogens is 308 g/mol. The lowest BCUT2D eigenvalue weighted by Gasteiger charge is -2.14. The minimum absolute atomic E-state index is 0.165. The number of nitrogens with zero attached hydrogens (tertiary/aromatic N) is 1. The van der Waals surface area contributed by atoms with Crippen LogP contribution in [0.5, 0.6) is 0 Å². The van der Waals surface area contributed by atoms with E-state index in [1.165, 1.54) is 6.26 Å². The monoisotopic (exact) mass is 324 g/mol. The van der Waals surface area contributed by atoms with Crippen molar-refractivity contribution in [3.63, 3.8) is 0 Å². The van der Waals surface area contributed by atoms with Crippen molar-refractivity contribution in [1.29, 1.82) is 0 Å². The molecule has 1 aliphatic rings. The van der Waals surface area contributed by atoms with Gasteiger partial charge in [0.25, 0.3) is 11.8 Å². The Hall–Kier alpha value is -3.02. The molecule has 1 aromatic carbocycles. The smallest absolute Gasteiger partial charge is 0.291 e. The first kappa shape index (κ1) is 14.6. The summed E-state index contributed by atoms with van der Waals surface area (Å²) in [7, 11) is 0. The molecule has 2 aromatic heterocycles. The average Bonchev–Trinajstić information content (AvgIpc) is 3.35. The van der Waals surface area contributed by atoms with Crippen molar-refractivity contribution in [3.05, 3.63) is 54.2 Å². The third-order valence-corrected chi connectivity index (χ3v) is 4.17. The topological polar surface area (TPSA) is 75.7 Å². The summed E-state index contributed by atoms with van der Waals surface area (Å²) in [6, 6.07) is 10.5. The van der Waals surface area contributed by atoms with Gasteiger partial charge in [0.2, 0.25) is 5.76 Å². The molecule has 24 heavy (non-hydrogen) atoms. The molecule has 0 spiro atoms. The lowest BCUT2D eigenvalue weighted by molar-refractivity contribution is 0.0765. The molecule has 3 aromatic rings. The lowest BCUT2D eigenvalue weighted by Crippen LogP contribution is -2.28. The van der Waals surface area contributed by atoms with Gasteiger partial charge in [-0.15, -0.1) is 0 Å². The Morgan fingerprint density at radius 1 is 1.04 bits per heavy atom. The Morgan fingerprint density at radius 3 is 2.58 bits per heavy atom. The highest BCUT2D eigenvalue weighted by Gasteiger charge is 2.28. The molecule has 0 bridgehead atoms. The molecule has 0 atom stereocenters. The standard InChI is InChI=1S/C18H16N2O4/c21-17(14-8-5-11-23-14)19-15-12-6-1-2-7-13(12)24-16(15)18(22)20-9-3-4-10-20/h1-2,5-8,11H,3-4,9-10H2,(H,19,21). The van der Waals surface area contributed by atoms with Gasteiger partial charge in [-0.25, -0.2) is 0 Å². The van der Waals surface area contributed by atoms with E-state index in [4.69, 9.17) is 8.83 Å². The number of likely N-dealkylation sites (tertiary alicyclic amines) is 1. The van der Waals surface area contributed by atoms with E-state index in [1.807, 2.05) is 18.2 Å². The number of carbonyl (C=O) groups excluding carboxylic acids is 2. The number of hydrogen-bond donors (Lipinski definition) is 1. The Bertz CT molecular complexity index is 889. The molecule has 0 saturated carbocycles. The summed E-state index contributed by atoms with van der Waals surface area (Å²) >= 11 is 0. The van der Waals surface area contributed by atoms with Crippen LogP contribution < -0.4 is 5.32 Å². The Labute approximate surface area is 138 Å². The van der Waals surface area contributed by atoms with Gasteiger partial charge in [0.1, 0.15) is 11.3 Å². The molecule has 6 nitrogen and oxygen atoms in total. The number of hydrogen-bond acceptors (Lipinski definition) is 4. The summed E-state index contributed by atoms with van der Waals surface area (Å²) in [5.41, 5.74) is 0.957. The number of benzene rings is 1. The maximum atomic E-state index is 12.8. The number of amides is 2. The Balaban J connectivity index is 1.75. The third-order valence-electron chi connectivity index (χ3n) is 4.17. The minimum atomic E-state index is -0.415. The first-order chi connectivity index (χ1) is 11.7. The van der Waals surface area contributed by atoms with Crippen LogP contribution in [0.1, 0.15) is 34.0 Å². The van der Waals surface area contributed by atoms with E-state index in [0.29, 0.717) is 29.7 Å². The molecule has 122 valence electrons. The lowest BCUT2D eigenvalue weighted by atomic mass is 10.2. The second-order valence-electron chi connectivity index (χ2n) is 5.73. The van der Waals surface area contributed by atoms with Crippen molar-refractivity contribution in [2.45, 2.75) is 12.8 Å². The summed E-state index contributed by atoms with van der Waals surface area (Å²) in [6.45, 7) is 1.42. The molecule has 3 heterocycles. The number of nitrogens with one attached hydrogen (secondary N) is 1. The van der Waals surface area contributed by atoms with E-state index in [1.54, 1.807) is 23.1 Å². The van der Waals surface area contributed by atoms with E-state index in [2.05, 4.69) is 5.32 Å². The first-order valence-corrected chi connectivity index (χ1v) is 7.90. The van der Waals surface area contributed by atoms with Crippen LogP contribution in [0.25, 0.3) is 11.0 Å². The van der Waals surface area contributed by atoms with Crippen molar-refractivity contribution in [1.82, 2.24) is 4.90 Å². The largest absolute Gasteiger partial charge is 0.459 e.